The standard InChI is InChI=1S/C31H38ClN3O4S/c1-21-11-15-27(16-12-21)40(38,39)35(28-18-26(32)14-13-23(28)3)20-29(36)34(19-25-10-8-9-22(2)17-25)24(4)30(37)33-31(5,6)7/h8-18,24H,19-20H2,1-7H3,(H,33,37)/t24-/m0/s1. The van der Waals surface area contributed by atoms with Gasteiger partial charge in [-0.2, -0.15) is 0 Å². The molecule has 0 bridgehead atoms. The molecular formula is C31H38ClN3O4S. The Kier molecular flexibility index (Phi) is 9.69. The topological polar surface area (TPSA) is 86.8 Å². The third-order valence-corrected chi connectivity index (χ3v) is 8.44. The maximum atomic E-state index is 14.1. The van der Waals surface area contributed by atoms with Crippen LogP contribution in [0.15, 0.2) is 71.6 Å². The lowest BCUT2D eigenvalue weighted by Crippen LogP contribution is -2.54. The molecule has 9 heteroatoms. The second-order valence-corrected chi connectivity index (χ2v) is 13.5. The van der Waals surface area contributed by atoms with Crippen LogP contribution in [0.25, 0.3) is 0 Å². The first-order valence-corrected chi connectivity index (χ1v) is 14.9. The number of benzene rings is 3. The SMILES string of the molecule is Cc1ccc(S(=O)(=O)N(CC(=O)N(Cc2cccc(C)c2)[C@@H](C)C(=O)NC(C)(C)C)c2cc(Cl)ccc2C)cc1. The van der Waals surface area contributed by atoms with Crippen molar-refractivity contribution in [3.63, 3.8) is 0 Å². The molecule has 0 saturated carbocycles. The van der Waals surface area contributed by atoms with Gasteiger partial charge in [0.2, 0.25) is 11.8 Å². The molecule has 2 amide bonds. The predicted octanol–water partition coefficient (Wildman–Crippen LogP) is 5.79. The van der Waals surface area contributed by atoms with E-state index < -0.39 is 34.1 Å². The summed E-state index contributed by atoms with van der Waals surface area (Å²) in [5.74, 6) is -0.853. The first-order valence-electron chi connectivity index (χ1n) is 13.1. The second kappa shape index (κ2) is 12.4. The summed E-state index contributed by atoms with van der Waals surface area (Å²) in [6.45, 7) is 12.4. The lowest BCUT2D eigenvalue weighted by molar-refractivity contribution is -0.140. The lowest BCUT2D eigenvalue weighted by Gasteiger charge is -2.34. The molecule has 40 heavy (non-hydrogen) atoms. The van der Waals surface area contributed by atoms with Crippen LogP contribution in [0.3, 0.4) is 0 Å². The fourth-order valence-electron chi connectivity index (χ4n) is 4.27. The van der Waals surface area contributed by atoms with Gasteiger partial charge < -0.3 is 10.2 Å². The van der Waals surface area contributed by atoms with E-state index in [0.717, 1.165) is 21.0 Å². The van der Waals surface area contributed by atoms with Crippen molar-refractivity contribution in [2.75, 3.05) is 10.8 Å². The Balaban J connectivity index is 2.08. The van der Waals surface area contributed by atoms with Crippen molar-refractivity contribution in [2.45, 2.75) is 71.5 Å². The van der Waals surface area contributed by atoms with Gasteiger partial charge in [-0.05, 0) is 83.9 Å². The van der Waals surface area contributed by atoms with Gasteiger partial charge in [0.25, 0.3) is 10.0 Å². The highest BCUT2D eigenvalue weighted by molar-refractivity contribution is 7.92. The van der Waals surface area contributed by atoms with Gasteiger partial charge >= 0.3 is 0 Å². The highest BCUT2D eigenvalue weighted by Crippen LogP contribution is 2.30. The third-order valence-electron chi connectivity index (χ3n) is 6.43. The van der Waals surface area contributed by atoms with Crippen LogP contribution in [-0.4, -0.2) is 43.3 Å². The summed E-state index contributed by atoms with van der Waals surface area (Å²) < 4.78 is 29.1. The van der Waals surface area contributed by atoms with Crippen molar-refractivity contribution in [3.05, 3.63) is 94.0 Å². The van der Waals surface area contributed by atoms with Crippen LogP contribution in [-0.2, 0) is 26.2 Å². The monoisotopic (exact) mass is 583 g/mol. The first kappa shape index (κ1) is 31.2. The molecular weight excluding hydrogens is 546 g/mol. The number of anilines is 1. The number of nitrogens with zero attached hydrogens (tertiary/aromatic N) is 2. The molecule has 0 saturated heterocycles. The van der Waals surface area contributed by atoms with E-state index in [1.165, 1.54) is 23.1 Å². The Bertz CT molecular complexity index is 1480. The molecule has 0 aliphatic rings. The summed E-state index contributed by atoms with van der Waals surface area (Å²) >= 11 is 6.28. The number of hydrogen-bond acceptors (Lipinski definition) is 4. The Hall–Kier alpha value is -3.36. The zero-order valence-corrected chi connectivity index (χ0v) is 25.7. The van der Waals surface area contributed by atoms with Crippen LogP contribution >= 0.6 is 11.6 Å². The van der Waals surface area contributed by atoms with Crippen LogP contribution in [0.1, 0.15) is 49.9 Å². The highest BCUT2D eigenvalue weighted by Gasteiger charge is 2.34. The third kappa shape index (κ3) is 7.86. The fraction of sp³-hybridized carbons (Fsp3) is 0.355. The number of aryl methyl sites for hydroxylation is 3. The molecule has 0 aromatic heterocycles. The van der Waals surface area contributed by atoms with Gasteiger partial charge in [-0.25, -0.2) is 8.42 Å². The molecule has 3 aromatic rings. The van der Waals surface area contributed by atoms with Gasteiger partial charge in [-0.15, -0.1) is 0 Å². The molecule has 0 spiro atoms. The Morgan fingerprint density at radius 2 is 1.57 bits per heavy atom. The molecule has 0 fully saturated rings. The van der Waals surface area contributed by atoms with Gasteiger partial charge in [0.15, 0.2) is 0 Å². The Labute approximate surface area is 243 Å². The van der Waals surface area contributed by atoms with E-state index in [4.69, 9.17) is 11.6 Å². The predicted molar refractivity (Wildman–Crippen MR) is 161 cm³/mol. The number of carbonyl (C=O) groups is 2. The highest BCUT2D eigenvalue weighted by atomic mass is 35.5. The van der Waals surface area contributed by atoms with Gasteiger partial charge in [0.1, 0.15) is 12.6 Å². The van der Waals surface area contributed by atoms with Crippen molar-refractivity contribution in [1.82, 2.24) is 10.2 Å². The Morgan fingerprint density at radius 3 is 2.17 bits per heavy atom. The molecule has 1 N–H and O–H groups in total. The van der Waals surface area contributed by atoms with Gasteiger partial charge in [-0.1, -0.05) is 65.2 Å². The summed E-state index contributed by atoms with van der Waals surface area (Å²) in [6.07, 6.45) is 0. The minimum Gasteiger partial charge on any atom is -0.350 e. The normalized spacial score (nSPS) is 12.5. The number of sulfonamides is 1. The van der Waals surface area contributed by atoms with Crippen LogP contribution in [0.2, 0.25) is 5.02 Å². The number of carbonyl (C=O) groups excluding carboxylic acids is 2. The summed E-state index contributed by atoms with van der Waals surface area (Å²) in [5, 5.41) is 3.27. The fourth-order valence-corrected chi connectivity index (χ4v) is 5.90. The van der Waals surface area contributed by atoms with E-state index in [1.807, 2.05) is 58.9 Å². The average molecular weight is 584 g/mol. The van der Waals surface area contributed by atoms with E-state index in [1.54, 1.807) is 38.1 Å². The summed E-state index contributed by atoms with van der Waals surface area (Å²) in [4.78, 5) is 28.7. The maximum absolute atomic E-state index is 14.1. The number of halogens is 1. The number of hydrogen-bond donors (Lipinski definition) is 1. The minimum atomic E-state index is -4.17. The van der Waals surface area contributed by atoms with Gasteiger partial charge in [-0.3, -0.25) is 13.9 Å². The summed E-state index contributed by atoms with van der Waals surface area (Å²) in [7, 11) is -4.17. The van der Waals surface area contributed by atoms with Crippen LogP contribution in [0.4, 0.5) is 5.69 Å². The molecule has 0 unspecified atom stereocenters. The summed E-state index contributed by atoms with van der Waals surface area (Å²) in [6, 6.07) is 18.2. The summed E-state index contributed by atoms with van der Waals surface area (Å²) in [5.41, 5.74) is 3.16. The van der Waals surface area contributed by atoms with Crippen molar-refractivity contribution in [1.29, 1.82) is 0 Å². The molecule has 1 atom stereocenters. The van der Waals surface area contributed by atoms with E-state index >= 15 is 0 Å². The second-order valence-electron chi connectivity index (χ2n) is 11.2. The zero-order valence-electron chi connectivity index (χ0n) is 24.2. The molecule has 3 aromatic carbocycles. The van der Waals surface area contributed by atoms with Crippen LogP contribution in [0.5, 0.6) is 0 Å². The molecule has 0 heterocycles. The van der Waals surface area contributed by atoms with E-state index in [2.05, 4.69) is 5.32 Å². The smallest absolute Gasteiger partial charge is 0.264 e. The van der Waals surface area contributed by atoms with Gasteiger partial charge in [0.05, 0.1) is 10.6 Å². The molecule has 0 radical (unpaired) electrons. The largest absolute Gasteiger partial charge is 0.350 e. The molecule has 3 rings (SSSR count). The molecule has 214 valence electrons. The van der Waals surface area contributed by atoms with Crippen molar-refractivity contribution >= 4 is 39.1 Å². The van der Waals surface area contributed by atoms with Crippen LogP contribution in [0, 0.1) is 20.8 Å². The first-order chi connectivity index (χ1) is 18.6. The Morgan fingerprint density at radius 1 is 0.925 bits per heavy atom. The number of rotatable bonds is 9. The number of nitrogens with one attached hydrogen (secondary N) is 1. The molecule has 0 aliphatic carbocycles. The minimum absolute atomic E-state index is 0.0500. The van der Waals surface area contributed by atoms with Crippen molar-refractivity contribution in [2.24, 2.45) is 0 Å². The van der Waals surface area contributed by atoms with Crippen molar-refractivity contribution in [3.8, 4) is 0 Å². The average Bonchev–Trinajstić information content (AvgIpc) is 2.86. The van der Waals surface area contributed by atoms with E-state index in [0.29, 0.717) is 16.3 Å². The maximum Gasteiger partial charge on any atom is 0.264 e. The lowest BCUT2D eigenvalue weighted by atomic mass is 10.1. The van der Waals surface area contributed by atoms with Gasteiger partial charge in [0, 0.05) is 17.1 Å². The van der Waals surface area contributed by atoms with Crippen LogP contribution < -0.4 is 9.62 Å². The van der Waals surface area contributed by atoms with Crippen molar-refractivity contribution < 1.29 is 18.0 Å². The van der Waals surface area contributed by atoms with E-state index in [-0.39, 0.29) is 17.3 Å². The quantitative estimate of drug-likeness (QED) is 0.345. The molecule has 7 nitrogen and oxygen atoms in total. The van der Waals surface area contributed by atoms with E-state index in [9.17, 15) is 18.0 Å². The molecule has 0 aliphatic heterocycles. The zero-order chi connectivity index (χ0) is 29.8. The number of amides is 2.